The molecule has 0 fully saturated rings. The van der Waals surface area contributed by atoms with Gasteiger partial charge in [0.25, 0.3) is 0 Å². The molecule has 0 aromatic rings. The fraction of sp³-hybridized carbons (Fsp3) is 0.250. The molecule has 56 valence electrons. The summed E-state index contributed by atoms with van der Waals surface area (Å²) in [5.74, 6) is -0.458. The molecule has 10 heavy (non-hydrogen) atoms. The van der Waals surface area contributed by atoms with Crippen LogP contribution < -0.4 is 5.32 Å². The monoisotopic (exact) mass is 141 g/mol. The van der Waals surface area contributed by atoms with Crippen LogP contribution in [0.2, 0.25) is 0 Å². The van der Waals surface area contributed by atoms with Gasteiger partial charge in [0.05, 0.1) is 5.70 Å². The molecule has 2 heteroatoms. The smallest absolute Gasteiger partial charge is 0.139 e. The van der Waals surface area contributed by atoms with Crippen LogP contribution in [0, 0.1) is 0 Å². The molecule has 1 nitrogen and oxygen atoms in total. The van der Waals surface area contributed by atoms with E-state index in [1.165, 1.54) is 0 Å². The van der Waals surface area contributed by atoms with Crippen molar-refractivity contribution in [2.75, 3.05) is 7.05 Å². The van der Waals surface area contributed by atoms with Crippen molar-refractivity contribution in [1.29, 1.82) is 0 Å². The molecule has 0 saturated heterocycles. The molecule has 0 rings (SSSR count). The van der Waals surface area contributed by atoms with E-state index in [9.17, 15) is 4.39 Å². The molecule has 0 aliphatic carbocycles. The van der Waals surface area contributed by atoms with Crippen LogP contribution in [-0.4, -0.2) is 7.05 Å². The molecule has 1 N–H and O–H groups in total. The van der Waals surface area contributed by atoms with E-state index in [2.05, 4.69) is 18.5 Å². The number of hydrogen-bond donors (Lipinski definition) is 1. The van der Waals surface area contributed by atoms with Gasteiger partial charge in [-0.25, -0.2) is 4.39 Å². The van der Waals surface area contributed by atoms with Crippen LogP contribution in [0.25, 0.3) is 0 Å². The van der Waals surface area contributed by atoms with Gasteiger partial charge in [-0.1, -0.05) is 19.2 Å². The molecule has 0 heterocycles. The van der Waals surface area contributed by atoms with Crippen molar-refractivity contribution in [1.82, 2.24) is 5.32 Å². The van der Waals surface area contributed by atoms with Crippen LogP contribution in [0.5, 0.6) is 0 Å². The summed E-state index contributed by atoms with van der Waals surface area (Å²) in [6.45, 7) is 8.43. The molecule has 0 bridgehead atoms. The quantitative estimate of drug-likeness (QED) is 0.594. The molecule has 0 aromatic carbocycles. The second-order valence-electron chi connectivity index (χ2n) is 1.92. The van der Waals surface area contributed by atoms with Crippen molar-refractivity contribution < 1.29 is 4.39 Å². The zero-order valence-electron chi connectivity index (χ0n) is 6.37. The van der Waals surface area contributed by atoms with Gasteiger partial charge in [-0.05, 0) is 12.5 Å². The maximum Gasteiger partial charge on any atom is 0.139 e. The average Bonchev–Trinajstić information content (AvgIpc) is 1.88. The molecule has 0 saturated carbocycles. The van der Waals surface area contributed by atoms with E-state index < -0.39 is 5.83 Å². The van der Waals surface area contributed by atoms with Crippen molar-refractivity contribution in [3.63, 3.8) is 0 Å². The minimum atomic E-state index is -0.458. The molecule has 0 aliphatic heterocycles. The Bertz CT molecular complexity index is 180. The van der Waals surface area contributed by atoms with Crippen molar-refractivity contribution >= 4 is 0 Å². The van der Waals surface area contributed by atoms with E-state index >= 15 is 0 Å². The minimum Gasteiger partial charge on any atom is -0.386 e. The van der Waals surface area contributed by atoms with Crippen molar-refractivity contribution in [3.8, 4) is 0 Å². The van der Waals surface area contributed by atoms with Gasteiger partial charge in [-0.3, -0.25) is 0 Å². The third-order valence-corrected chi connectivity index (χ3v) is 1.22. The molecule has 0 amide bonds. The molecule has 0 unspecified atom stereocenters. The third-order valence-electron chi connectivity index (χ3n) is 1.22. The van der Waals surface area contributed by atoms with Crippen molar-refractivity contribution in [3.05, 3.63) is 36.3 Å². The number of nitrogens with one attached hydrogen (secondary N) is 1. The number of hydrogen-bond acceptors (Lipinski definition) is 1. The molecule has 0 atom stereocenters. The zero-order valence-corrected chi connectivity index (χ0v) is 6.37. The van der Waals surface area contributed by atoms with Crippen LogP contribution in [0.3, 0.4) is 0 Å². The second kappa shape index (κ2) is 3.88. The van der Waals surface area contributed by atoms with E-state index in [4.69, 9.17) is 0 Å². The van der Waals surface area contributed by atoms with Gasteiger partial charge < -0.3 is 5.32 Å². The van der Waals surface area contributed by atoms with E-state index in [-0.39, 0.29) is 0 Å². The lowest BCUT2D eigenvalue weighted by molar-refractivity contribution is 0.635. The number of halogens is 1. The summed E-state index contributed by atoms with van der Waals surface area (Å²) < 4.78 is 12.4. The summed E-state index contributed by atoms with van der Waals surface area (Å²) in [4.78, 5) is 0. The van der Waals surface area contributed by atoms with Gasteiger partial charge in [0, 0.05) is 7.05 Å². The topological polar surface area (TPSA) is 12.0 Å². The highest BCUT2D eigenvalue weighted by atomic mass is 19.1. The lowest BCUT2D eigenvalue weighted by atomic mass is 10.2. The molecular weight excluding hydrogens is 129 g/mol. The SMILES string of the molecule is C=C/C(C)=C(/NC)C(=C)F. The largest absolute Gasteiger partial charge is 0.386 e. The third kappa shape index (κ3) is 2.05. The van der Waals surface area contributed by atoms with E-state index in [0.29, 0.717) is 5.70 Å². The Labute approximate surface area is 60.9 Å². The van der Waals surface area contributed by atoms with E-state index in [1.807, 2.05) is 0 Å². The van der Waals surface area contributed by atoms with Gasteiger partial charge in [-0.2, -0.15) is 0 Å². The minimum absolute atomic E-state index is 0.412. The van der Waals surface area contributed by atoms with Gasteiger partial charge in [0.2, 0.25) is 0 Å². The molecular formula is C8H12FN. The summed E-state index contributed by atoms with van der Waals surface area (Å²) in [6, 6.07) is 0. The summed E-state index contributed by atoms with van der Waals surface area (Å²) in [5.41, 5.74) is 1.17. The van der Waals surface area contributed by atoms with Crippen molar-refractivity contribution in [2.45, 2.75) is 6.92 Å². The highest BCUT2D eigenvalue weighted by molar-refractivity contribution is 5.31. The molecule has 0 spiro atoms. The Morgan fingerprint density at radius 2 is 2.10 bits per heavy atom. The Kier molecular flexibility index (Phi) is 3.47. The number of rotatable bonds is 3. The van der Waals surface area contributed by atoms with Gasteiger partial charge in [-0.15, -0.1) is 0 Å². The molecule has 0 aliphatic rings. The summed E-state index contributed by atoms with van der Waals surface area (Å²) in [7, 11) is 1.65. The number of allylic oxidation sites excluding steroid dienone is 3. The fourth-order valence-corrected chi connectivity index (χ4v) is 0.649. The Balaban J connectivity index is 4.62. The highest BCUT2D eigenvalue weighted by Crippen LogP contribution is 2.10. The Morgan fingerprint density at radius 3 is 2.20 bits per heavy atom. The van der Waals surface area contributed by atoms with E-state index in [1.54, 1.807) is 20.0 Å². The maximum atomic E-state index is 12.4. The zero-order chi connectivity index (χ0) is 8.15. The van der Waals surface area contributed by atoms with Gasteiger partial charge >= 0.3 is 0 Å². The van der Waals surface area contributed by atoms with Crippen LogP contribution in [0.1, 0.15) is 6.92 Å². The fourth-order valence-electron chi connectivity index (χ4n) is 0.649. The Morgan fingerprint density at radius 1 is 1.60 bits per heavy atom. The normalized spacial score (nSPS) is 11.9. The average molecular weight is 141 g/mol. The lowest BCUT2D eigenvalue weighted by Crippen LogP contribution is -2.07. The standard InChI is InChI=1S/C8H12FN/c1-5-6(2)8(10-4)7(3)9/h5,10H,1,3H2,2,4H3/b8-6+. The number of likely N-dealkylation sites (N-methyl/N-ethyl adjacent to an activating group) is 1. The van der Waals surface area contributed by atoms with Crippen LogP contribution in [0.4, 0.5) is 4.39 Å². The van der Waals surface area contributed by atoms with Crippen LogP contribution in [-0.2, 0) is 0 Å². The predicted molar refractivity (Wildman–Crippen MR) is 42.2 cm³/mol. The van der Waals surface area contributed by atoms with E-state index in [0.717, 1.165) is 5.57 Å². The van der Waals surface area contributed by atoms with Crippen LogP contribution in [0.15, 0.2) is 36.3 Å². The van der Waals surface area contributed by atoms with Crippen LogP contribution >= 0.6 is 0 Å². The summed E-state index contributed by atoms with van der Waals surface area (Å²) in [5, 5.41) is 2.69. The first-order chi connectivity index (χ1) is 4.63. The van der Waals surface area contributed by atoms with Gasteiger partial charge in [0.15, 0.2) is 0 Å². The molecule has 0 aromatic heterocycles. The summed E-state index contributed by atoms with van der Waals surface area (Å²) >= 11 is 0. The first kappa shape index (κ1) is 8.95. The van der Waals surface area contributed by atoms with Gasteiger partial charge in [0.1, 0.15) is 5.83 Å². The maximum absolute atomic E-state index is 12.4. The summed E-state index contributed by atoms with van der Waals surface area (Å²) in [6.07, 6.45) is 1.58. The highest BCUT2D eigenvalue weighted by Gasteiger charge is 1.99. The van der Waals surface area contributed by atoms with Crippen molar-refractivity contribution in [2.24, 2.45) is 0 Å². The first-order valence-electron chi connectivity index (χ1n) is 2.99. The Hall–Kier alpha value is -1.05. The predicted octanol–water partition coefficient (Wildman–Crippen LogP) is 2.15. The molecule has 0 radical (unpaired) electrons. The second-order valence-corrected chi connectivity index (χ2v) is 1.92. The lowest BCUT2D eigenvalue weighted by Gasteiger charge is -2.04. The first-order valence-corrected chi connectivity index (χ1v) is 2.99.